The summed E-state index contributed by atoms with van der Waals surface area (Å²) >= 11 is 1.33. The number of anilines is 1. The summed E-state index contributed by atoms with van der Waals surface area (Å²) in [6.45, 7) is 3.58. The summed E-state index contributed by atoms with van der Waals surface area (Å²) < 4.78 is 27.2. The first-order valence-corrected chi connectivity index (χ1v) is 8.55. The van der Waals surface area contributed by atoms with Gasteiger partial charge < -0.3 is 10.6 Å². The highest BCUT2D eigenvalue weighted by atomic mass is 32.1. The van der Waals surface area contributed by atoms with Crippen molar-refractivity contribution in [3.05, 3.63) is 58.7 Å². The Morgan fingerprint density at radius 1 is 1.08 bits per heavy atom. The molecule has 0 atom stereocenters. The fraction of sp³-hybridized carbons (Fsp3) is 0.167. The minimum atomic E-state index is -0.861. The molecule has 0 bridgehead atoms. The van der Waals surface area contributed by atoms with Crippen LogP contribution in [0.2, 0.25) is 0 Å². The number of carbonyl (C=O) groups excluding carboxylic acids is 2. The number of carbonyl (C=O) groups is 2. The summed E-state index contributed by atoms with van der Waals surface area (Å²) in [4.78, 5) is 28.3. The second-order valence-electron chi connectivity index (χ2n) is 5.84. The Morgan fingerprint density at radius 2 is 1.77 bits per heavy atom. The highest BCUT2D eigenvalue weighted by Gasteiger charge is 2.13. The molecule has 0 saturated carbocycles. The van der Waals surface area contributed by atoms with Crippen LogP contribution in [0, 0.1) is 25.5 Å². The van der Waals surface area contributed by atoms with Crippen molar-refractivity contribution in [3.63, 3.8) is 0 Å². The van der Waals surface area contributed by atoms with E-state index >= 15 is 0 Å². The minimum Gasteiger partial charge on any atom is -0.343 e. The van der Waals surface area contributed by atoms with E-state index in [0.717, 1.165) is 33.5 Å². The molecule has 1 heterocycles. The molecule has 2 aromatic carbocycles. The number of aryl methyl sites for hydroxylation is 2. The van der Waals surface area contributed by atoms with Crippen molar-refractivity contribution in [1.82, 2.24) is 10.3 Å². The molecule has 0 unspecified atom stereocenters. The van der Waals surface area contributed by atoms with Crippen molar-refractivity contribution in [2.45, 2.75) is 13.8 Å². The Balaban J connectivity index is 1.64. The van der Waals surface area contributed by atoms with Crippen LogP contribution in [0.4, 0.5) is 13.9 Å². The normalized spacial score (nSPS) is 10.8. The summed E-state index contributed by atoms with van der Waals surface area (Å²) in [7, 11) is 0. The lowest BCUT2D eigenvalue weighted by Crippen LogP contribution is -2.32. The lowest BCUT2D eigenvalue weighted by molar-refractivity contribution is -0.115. The van der Waals surface area contributed by atoms with Crippen molar-refractivity contribution >= 4 is 38.5 Å². The van der Waals surface area contributed by atoms with Crippen molar-refractivity contribution in [1.29, 1.82) is 0 Å². The highest BCUT2D eigenvalue weighted by Crippen LogP contribution is 2.29. The van der Waals surface area contributed by atoms with Crippen molar-refractivity contribution < 1.29 is 18.4 Å². The van der Waals surface area contributed by atoms with Crippen LogP contribution < -0.4 is 10.6 Å². The molecule has 0 saturated heterocycles. The third-order valence-electron chi connectivity index (χ3n) is 3.61. The van der Waals surface area contributed by atoms with Gasteiger partial charge in [0.15, 0.2) is 5.13 Å². The Hall–Kier alpha value is -2.87. The highest BCUT2D eigenvalue weighted by molar-refractivity contribution is 7.22. The summed E-state index contributed by atoms with van der Waals surface area (Å²) in [5, 5.41) is 5.35. The van der Waals surface area contributed by atoms with E-state index in [4.69, 9.17) is 0 Å². The fourth-order valence-corrected chi connectivity index (χ4v) is 3.59. The zero-order valence-electron chi connectivity index (χ0n) is 14.0. The van der Waals surface area contributed by atoms with Gasteiger partial charge in [0.1, 0.15) is 11.6 Å². The number of thiazole rings is 1. The zero-order chi connectivity index (χ0) is 18.8. The monoisotopic (exact) mass is 375 g/mol. The molecule has 1 aromatic heterocycles. The average molecular weight is 375 g/mol. The molecule has 2 amide bonds. The van der Waals surface area contributed by atoms with Crippen molar-refractivity contribution in [2.75, 3.05) is 11.9 Å². The first kappa shape index (κ1) is 17.9. The largest absolute Gasteiger partial charge is 0.343 e. The van der Waals surface area contributed by atoms with Gasteiger partial charge in [0.05, 0.1) is 16.8 Å². The molecule has 2 N–H and O–H groups in total. The summed E-state index contributed by atoms with van der Waals surface area (Å²) in [5.74, 6) is -2.95. The molecule has 26 heavy (non-hydrogen) atoms. The quantitative estimate of drug-likeness (QED) is 0.732. The number of hydrogen-bond acceptors (Lipinski definition) is 4. The molecule has 3 aromatic rings. The first-order valence-electron chi connectivity index (χ1n) is 7.74. The van der Waals surface area contributed by atoms with Gasteiger partial charge in [-0.15, -0.1) is 0 Å². The lowest BCUT2D eigenvalue weighted by atomic mass is 10.1. The van der Waals surface area contributed by atoms with Gasteiger partial charge in [-0.05, 0) is 43.2 Å². The van der Waals surface area contributed by atoms with Crippen molar-refractivity contribution in [3.8, 4) is 0 Å². The number of fused-ring (bicyclic) bond motifs is 1. The molecule has 0 aliphatic rings. The van der Waals surface area contributed by atoms with Crippen LogP contribution in [0.1, 0.15) is 21.5 Å². The van der Waals surface area contributed by atoms with Crippen LogP contribution in [0.25, 0.3) is 10.2 Å². The van der Waals surface area contributed by atoms with E-state index in [9.17, 15) is 18.4 Å². The van der Waals surface area contributed by atoms with E-state index in [1.165, 1.54) is 11.3 Å². The Bertz CT molecular complexity index is 997. The number of nitrogens with one attached hydrogen (secondary N) is 2. The molecule has 8 heteroatoms. The van der Waals surface area contributed by atoms with Crippen LogP contribution in [0.5, 0.6) is 0 Å². The summed E-state index contributed by atoms with van der Waals surface area (Å²) in [6.07, 6.45) is 0. The van der Waals surface area contributed by atoms with E-state index < -0.39 is 23.4 Å². The van der Waals surface area contributed by atoms with E-state index in [1.54, 1.807) is 0 Å². The molecular formula is C18H15F2N3O2S. The van der Waals surface area contributed by atoms with Gasteiger partial charge in [0.2, 0.25) is 5.91 Å². The lowest BCUT2D eigenvalue weighted by Gasteiger charge is -2.05. The number of halogens is 2. The van der Waals surface area contributed by atoms with Crippen LogP contribution in [0.3, 0.4) is 0 Å². The first-order chi connectivity index (χ1) is 12.3. The van der Waals surface area contributed by atoms with Crippen molar-refractivity contribution in [2.24, 2.45) is 0 Å². The Labute approximate surface area is 152 Å². The fourth-order valence-electron chi connectivity index (χ4n) is 2.54. The van der Waals surface area contributed by atoms with Crippen LogP contribution >= 0.6 is 11.3 Å². The Kier molecular flexibility index (Phi) is 4.94. The maximum atomic E-state index is 13.1. The number of rotatable bonds is 4. The van der Waals surface area contributed by atoms with Gasteiger partial charge in [0.25, 0.3) is 5.91 Å². The molecule has 0 spiro atoms. The molecular weight excluding hydrogens is 360 g/mol. The van der Waals surface area contributed by atoms with Crippen LogP contribution in [0.15, 0.2) is 30.3 Å². The second-order valence-corrected chi connectivity index (χ2v) is 6.87. The minimum absolute atomic E-state index is 0.193. The molecule has 0 fully saturated rings. The van der Waals surface area contributed by atoms with E-state index in [-0.39, 0.29) is 12.1 Å². The van der Waals surface area contributed by atoms with Crippen LogP contribution in [-0.4, -0.2) is 23.3 Å². The van der Waals surface area contributed by atoms with E-state index in [1.807, 2.05) is 26.0 Å². The third kappa shape index (κ3) is 4.02. The van der Waals surface area contributed by atoms with E-state index in [2.05, 4.69) is 15.6 Å². The second kappa shape index (κ2) is 7.17. The number of hydrogen-bond donors (Lipinski definition) is 2. The molecule has 0 aliphatic heterocycles. The summed E-state index contributed by atoms with van der Waals surface area (Å²) in [6, 6.07) is 6.45. The van der Waals surface area contributed by atoms with Gasteiger partial charge >= 0.3 is 0 Å². The Morgan fingerprint density at radius 3 is 2.46 bits per heavy atom. The SMILES string of the molecule is Cc1cc(C)c2nc(NC(=O)CNC(=O)c3cc(F)cc(F)c3)sc2c1. The van der Waals surface area contributed by atoms with Gasteiger partial charge in [-0.2, -0.15) is 0 Å². The maximum Gasteiger partial charge on any atom is 0.251 e. The van der Waals surface area contributed by atoms with Gasteiger partial charge in [-0.1, -0.05) is 17.4 Å². The van der Waals surface area contributed by atoms with Gasteiger partial charge in [-0.3, -0.25) is 9.59 Å². The van der Waals surface area contributed by atoms with Gasteiger partial charge in [-0.25, -0.2) is 13.8 Å². The molecule has 5 nitrogen and oxygen atoms in total. The van der Waals surface area contributed by atoms with E-state index in [0.29, 0.717) is 11.2 Å². The maximum absolute atomic E-state index is 13.1. The topological polar surface area (TPSA) is 71.1 Å². The van der Waals surface area contributed by atoms with Crippen LogP contribution in [-0.2, 0) is 4.79 Å². The van der Waals surface area contributed by atoms with Gasteiger partial charge in [0, 0.05) is 11.6 Å². The molecule has 3 rings (SSSR count). The smallest absolute Gasteiger partial charge is 0.251 e. The molecule has 0 radical (unpaired) electrons. The number of aromatic nitrogens is 1. The zero-order valence-corrected chi connectivity index (χ0v) is 14.8. The average Bonchev–Trinajstić information content (AvgIpc) is 2.94. The standard InChI is InChI=1S/C18H15F2N3O2S/c1-9-3-10(2)16-14(4-9)26-18(23-16)22-15(24)8-21-17(25)11-5-12(19)7-13(20)6-11/h3-7H,8H2,1-2H3,(H,21,25)(H,22,23,24). The predicted molar refractivity (Wildman–Crippen MR) is 96.4 cm³/mol. The number of nitrogens with zero attached hydrogens (tertiary/aromatic N) is 1. The predicted octanol–water partition coefficient (Wildman–Crippen LogP) is 3.56. The summed E-state index contributed by atoms with van der Waals surface area (Å²) in [5.41, 5.74) is 2.74. The number of benzene rings is 2. The molecule has 0 aliphatic carbocycles. The number of amides is 2. The molecule has 134 valence electrons. The third-order valence-corrected chi connectivity index (χ3v) is 4.53.